The minimum atomic E-state index is -3.35. The van der Waals surface area contributed by atoms with Gasteiger partial charge >= 0.3 is 5.97 Å². The predicted octanol–water partition coefficient (Wildman–Crippen LogP) is 2.48. The molecule has 1 N–H and O–H groups in total. The van der Waals surface area contributed by atoms with Crippen molar-refractivity contribution >= 4 is 21.7 Å². The molecule has 1 aliphatic carbocycles. The first-order valence-corrected chi connectivity index (χ1v) is 10.3. The van der Waals surface area contributed by atoms with Crippen LogP contribution in [0.3, 0.4) is 0 Å². The number of hydrogen-bond donors (Lipinski definition) is 1. The largest absolute Gasteiger partial charge is 0.480 e. The van der Waals surface area contributed by atoms with Gasteiger partial charge in [0.05, 0.1) is 10.1 Å². The summed E-state index contributed by atoms with van der Waals surface area (Å²) in [6.45, 7) is 0.415. The zero-order valence-corrected chi connectivity index (χ0v) is 14.9. The molecule has 1 aromatic rings. The maximum atomic E-state index is 12.6. The van der Waals surface area contributed by atoms with Crippen LogP contribution >= 0.6 is 0 Å². The molecule has 7 heteroatoms. The van der Waals surface area contributed by atoms with Gasteiger partial charge in [0.2, 0.25) is 0 Å². The van der Waals surface area contributed by atoms with E-state index in [2.05, 4.69) is 0 Å². The average molecular weight is 365 g/mol. The van der Waals surface area contributed by atoms with Crippen LogP contribution in [0.15, 0.2) is 29.2 Å². The number of carbonyl (C=O) groups is 2. The molecule has 0 aromatic heterocycles. The van der Waals surface area contributed by atoms with E-state index in [0.29, 0.717) is 31.4 Å². The topological polar surface area (TPSA) is 91.8 Å². The number of amides is 1. The quantitative estimate of drug-likeness (QED) is 0.885. The summed E-state index contributed by atoms with van der Waals surface area (Å²) in [6, 6.07) is 5.14. The van der Waals surface area contributed by atoms with Crippen molar-refractivity contribution in [2.45, 2.75) is 61.1 Å². The molecule has 0 spiro atoms. The zero-order valence-electron chi connectivity index (χ0n) is 14.1. The molecule has 1 atom stereocenters. The van der Waals surface area contributed by atoms with Crippen LogP contribution in [0.1, 0.15) is 55.3 Å². The van der Waals surface area contributed by atoms with Gasteiger partial charge in [-0.05, 0) is 56.4 Å². The minimum Gasteiger partial charge on any atom is -0.480 e. The fourth-order valence-electron chi connectivity index (χ4n) is 3.78. The van der Waals surface area contributed by atoms with Crippen LogP contribution in [0.2, 0.25) is 0 Å². The monoisotopic (exact) mass is 365 g/mol. The van der Waals surface area contributed by atoms with E-state index in [4.69, 9.17) is 0 Å². The Morgan fingerprint density at radius 2 is 1.56 bits per heavy atom. The average Bonchev–Trinajstić information content (AvgIpc) is 3.16. The Morgan fingerprint density at radius 1 is 0.960 bits per heavy atom. The van der Waals surface area contributed by atoms with Crippen LogP contribution in [-0.4, -0.2) is 48.1 Å². The molecule has 1 aromatic carbocycles. The van der Waals surface area contributed by atoms with E-state index in [1.807, 2.05) is 0 Å². The molecule has 0 bridgehead atoms. The van der Waals surface area contributed by atoms with Crippen LogP contribution < -0.4 is 0 Å². The second kappa shape index (κ2) is 7.15. The molecule has 1 aliphatic heterocycles. The van der Waals surface area contributed by atoms with Crippen molar-refractivity contribution < 1.29 is 23.1 Å². The van der Waals surface area contributed by atoms with Gasteiger partial charge < -0.3 is 10.0 Å². The first kappa shape index (κ1) is 17.9. The van der Waals surface area contributed by atoms with Crippen LogP contribution in [0, 0.1) is 0 Å². The number of hydrogen-bond acceptors (Lipinski definition) is 4. The van der Waals surface area contributed by atoms with Crippen molar-refractivity contribution in [2.75, 3.05) is 6.54 Å². The Balaban J connectivity index is 1.79. The van der Waals surface area contributed by atoms with Crippen LogP contribution in [0.25, 0.3) is 0 Å². The molecule has 0 radical (unpaired) electrons. The van der Waals surface area contributed by atoms with E-state index < -0.39 is 21.8 Å². The Morgan fingerprint density at radius 3 is 2.16 bits per heavy atom. The third-order valence-electron chi connectivity index (χ3n) is 5.22. The Kier molecular flexibility index (Phi) is 5.13. The van der Waals surface area contributed by atoms with E-state index in [9.17, 15) is 23.1 Å². The highest BCUT2D eigenvalue weighted by Crippen LogP contribution is 2.30. The number of sulfone groups is 1. The van der Waals surface area contributed by atoms with Gasteiger partial charge in [0.25, 0.3) is 5.91 Å². The fourth-order valence-corrected chi connectivity index (χ4v) is 5.63. The second-order valence-corrected chi connectivity index (χ2v) is 9.05. The molecular weight excluding hydrogens is 342 g/mol. The Hall–Kier alpha value is -1.89. The number of aliphatic carboxylic acids is 1. The number of carbonyl (C=O) groups excluding carboxylic acids is 1. The number of carboxylic acid groups (broad SMARTS) is 1. The predicted molar refractivity (Wildman–Crippen MR) is 92.2 cm³/mol. The maximum absolute atomic E-state index is 12.6. The summed E-state index contributed by atoms with van der Waals surface area (Å²) in [5, 5.41) is 8.98. The van der Waals surface area contributed by atoms with Crippen LogP contribution in [0.5, 0.6) is 0 Å². The molecule has 1 saturated heterocycles. The third kappa shape index (κ3) is 3.56. The summed E-state index contributed by atoms with van der Waals surface area (Å²) in [6.07, 6.45) is 5.28. The summed E-state index contributed by atoms with van der Waals surface area (Å²) in [7, 11) is -3.35. The molecule has 25 heavy (non-hydrogen) atoms. The van der Waals surface area contributed by atoms with Gasteiger partial charge in [-0.2, -0.15) is 0 Å². The highest BCUT2D eigenvalue weighted by Gasteiger charge is 2.33. The van der Waals surface area contributed by atoms with Gasteiger partial charge in [0.15, 0.2) is 9.84 Å². The number of rotatable bonds is 4. The van der Waals surface area contributed by atoms with Crippen molar-refractivity contribution in [3.05, 3.63) is 29.8 Å². The lowest BCUT2D eigenvalue weighted by atomic mass is 10.0. The first-order chi connectivity index (χ1) is 11.9. The van der Waals surface area contributed by atoms with Crippen molar-refractivity contribution in [3.63, 3.8) is 0 Å². The fraction of sp³-hybridized carbons (Fsp3) is 0.556. The van der Waals surface area contributed by atoms with Crippen molar-refractivity contribution in [3.8, 4) is 0 Å². The van der Waals surface area contributed by atoms with Crippen molar-refractivity contribution in [1.29, 1.82) is 0 Å². The Labute approximate surface area is 147 Å². The van der Waals surface area contributed by atoms with E-state index in [-0.39, 0.29) is 16.1 Å². The number of likely N-dealkylation sites (tertiary alicyclic amines) is 1. The smallest absolute Gasteiger partial charge is 0.326 e. The number of carboxylic acids is 1. The number of nitrogens with zero attached hydrogens (tertiary/aromatic N) is 1. The molecule has 136 valence electrons. The number of piperidine rings is 1. The molecular formula is C18H23NO5S. The maximum Gasteiger partial charge on any atom is 0.326 e. The van der Waals surface area contributed by atoms with E-state index in [1.54, 1.807) is 0 Å². The molecule has 6 nitrogen and oxygen atoms in total. The van der Waals surface area contributed by atoms with Crippen molar-refractivity contribution in [1.82, 2.24) is 4.90 Å². The van der Waals surface area contributed by atoms with Gasteiger partial charge in [0.1, 0.15) is 6.04 Å². The second-order valence-electron chi connectivity index (χ2n) is 6.82. The van der Waals surface area contributed by atoms with E-state index in [0.717, 1.165) is 25.7 Å². The lowest BCUT2D eigenvalue weighted by Gasteiger charge is -2.33. The van der Waals surface area contributed by atoms with E-state index >= 15 is 0 Å². The third-order valence-corrected chi connectivity index (χ3v) is 7.50. The summed E-state index contributed by atoms with van der Waals surface area (Å²) < 4.78 is 25.2. The lowest BCUT2D eigenvalue weighted by molar-refractivity contribution is -0.143. The number of benzene rings is 1. The molecule has 1 amide bonds. The van der Waals surface area contributed by atoms with Gasteiger partial charge in [-0.15, -0.1) is 0 Å². The first-order valence-electron chi connectivity index (χ1n) is 8.79. The summed E-state index contributed by atoms with van der Waals surface area (Å²) in [5.74, 6) is -1.34. The van der Waals surface area contributed by atoms with Gasteiger partial charge in [0, 0.05) is 12.1 Å². The molecule has 3 rings (SSSR count). The normalized spacial score (nSPS) is 22.1. The molecule has 1 saturated carbocycles. The molecule has 1 unspecified atom stereocenters. The highest BCUT2D eigenvalue weighted by atomic mass is 32.2. The summed E-state index contributed by atoms with van der Waals surface area (Å²) in [4.78, 5) is 25.6. The van der Waals surface area contributed by atoms with Gasteiger partial charge in [-0.25, -0.2) is 13.2 Å². The molecule has 2 fully saturated rings. The molecule has 2 aliphatic rings. The van der Waals surface area contributed by atoms with Crippen LogP contribution in [-0.2, 0) is 14.6 Å². The summed E-state index contributed by atoms with van der Waals surface area (Å²) >= 11 is 0. The van der Waals surface area contributed by atoms with Gasteiger partial charge in [-0.1, -0.05) is 12.8 Å². The zero-order chi connectivity index (χ0) is 18.0. The highest BCUT2D eigenvalue weighted by molar-refractivity contribution is 7.92. The van der Waals surface area contributed by atoms with Gasteiger partial charge in [-0.3, -0.25) is 4.79 Å². The van der Waals surface area contributed by atoms with E-state index in [1.165, 1.54) is 29.2 Å². The minimum absolute atomic E-state index is 0.240. The van der Waals surface area contributed by atoms with Crippen molar-refractivity contribution in [2.24, 2.45) is 0 Å². The Bertz CT molecular complexity index is 750. The summed E-state index contributed by atoms with van der Waals surface area (Å²) in [5.41, 5.74) is 0.332. The lowest BCUT2D eigenvalue weighted by Crippen LogP contribution is -2.47. The molecule has 1 heterocycles. The SMILES string of the molecule is O=C(O)C1CCCCN1C(=O)c1ccc(S(=O)(=O)C2CCCC2)cc1. The standard InChI is InChI=1S/C18H23NO5S/c20-17(19-12-4-3-7-16(19)18(21)22)13-8-10-15(11-9-13)25(23,24)14-5-1-2-6-14/h8-11,14,16H,1-7,12H2,(H,21,22). The van der Waals surface area contributed by atoms with Crippen LogP contribution in [0.4, 0.5) is 0 Å².